The third-order valence-electron chi connectivity index (χ3n) is 1.45. The van der Waals surface area contributed by atoms with E-state index >= 15 is 0 Å². The van der Waals surface area contributed by atoms with Gasteiger partial charge in [0.1, 0.15) is 12.5 Å². The van der Waals surface area contributed by atoms with Gasteiger partial charge in [-0.15, -0.1) is 0 Å². The number of ketones is 1. The van der Waals surface area contributed by atoms with E-state index in [9.17, 15) is 18.0 Å². The molecule has 0 radical (unpaired) electrons. The fourth-order valence-electron chi connectivity index (χ4n) is 0.884. The first-order valence-electron chi connectivity index (χ1n) is 4.16. The number of halogens is 4. The fourth-order valence-corrected chi connectivity index (χ4v) is 1.14. The van der Waals surface area contributed by atoms with Crippen molar-refractivity contribution in [3.8, 4) is 0 Å². The van der Waals surface area contributed by atoms with Gasteiger partial charge in [0, 0.05) is 11.5 Å². The van der Waals surface area contributed by atoms with Crippen molar-refractivity contribution in [3.05, 3.63) is 0 Å². The van der Waals surface area contributed by atoms with Crippen molar-refractivity contribution in [1.29, 1.82) is 0 Å². The number of carbonyl (C=O) groups is 1. The van der Waals surface area contributed by atoms with Crippen LogP contribution in [-0.2, 0) is 14.3 Å². The number of carbonyl (C=O) groups excluding carboxylic acids is 1. The van der Waals surface area contributed by atoms with Crippen LogP contribution in [0.3, 0.4) is 0 Å². The van der Waals surface area contributed by atoms with Crippen LogP contribution >= 0.6 is 22.6 Å². The van der Waals surface area contributed by atoms with Crippen molar-refractivity contribution in [2.24, 2.45) is 0 Å². The number of rotatable bonds is 7. The molecule has 0 aliphatic rings. The first kappa shape index (κ1) is 15.1. The first-order chi connectivity index (χ1) is 6.90. The summed E-state index contributed by atoms with van der Waals surface area (Å²) < 4.78 is 45.9. The first-order valence-corrected chi connectivity index (χ1v) is 5.69. The van der Waals surface area contributed by atoms with E-state index in [4.69, 9.17) is 4.74 Å². The molecule has 0 N–H and O–H groups in total. The van der Waals surface area contributed by atoms with Gasteiger partial charge < -0.3 is 9.47 Å². The number of ether oxygens (including phenoxy) is 2. The second-order valence-electron chi connectivity index (χ2n) is 2.76. The van der Waals surface area contributed by atoms with Crippen LogP contribution in [0.15, 0.2) is 0 Å². The SMILES string of the molecule is COCC(OCCI)C(=O)CC(F)(F)F. The summed E-state index contributed by atoms with van der Waals surface area (Å²) in [7, 11) is 1.31. The molecule has 15 heavy (non-hydrogen) atoms. The van der Waals surface area contributed by atoms with Crippen LogP contribution in [0.4, 0.5) is 13.2 Å². The molecule has 0 aliphatic heterocycles. The molecule has 0 saturated carbocycles. The predicted octanol–water partition coefficient (Wildman–Crippen LogP) is 1.97. The van der Waals surface area contributed by atoms with Crippen LogP contribution in [0.5, 0.6) is 0 Å². The maximum Gasteiger partial charge on any atom is 0.396 e. The quantitative estimate of drug-likeness (QED) is 0.525. The minimum absolute atomic E-state index is 0.147. The Morgan fingerprint density at radius 1 is 1.47 bits per heavy atom. The second-order valence-corrected chi connectivity index (χ2v) is 3.84. The molecule has 0 saturated heterocycles. The molecule has 0 fully saturated rings. The number of Topliss-reactive ketones (excluding diaryl/α,β-unsaturated/α-hetero) is 1. The average Bonchev–Trinajstić information content (AvgIpc) is 2.09. The van der Waals surface area contributed by atoms with Crippen molar-refractivity contribution >= 4 is 28.4 Å². The Morgan fingerprint density at radius 2 is 2.07 bits per heavy atom. The lowest BCUT2D eigenvalue weighted by molar-refractivity contribution is -0.161. The normalized spacial score (nSPS) is 13.9. The zero-order valence-corrected chi connectivity index (χ0v) is 10.3. The predicted molar refractivity (Wildman–Crippen MR) is 56.2 cm³/mol. The summed E-state index contributed by atoms with van der Waals surface area (Å²) >= 11 is 2.00. The Morgan fingerprint density at radius 3 is 2.47 bits per heavy atom. The van der Waals surface area contributed by atoms with E-state index in [0.29, 0.717) is 4.43 Å². The number of hydrogen-bond donors (Lipinski definition) is 0. The van der Waals surface area contributed by atoms with E-state index in [-0.39, 0.29) is 13.2 Å². The summed E-state index contributed by atoms with van der Waals surface area (Å²) in [6.45, 7) is 0.0870. The van der Waals surface area contributed by atoms with Gasteiger partial charge in [-0.2, -0.15) is 13.2 Å². The summed E-state index contributed by atoms with van der Waals surface area (Å²) in [6, 6.07) is 0. The standard InChI is InChI=1S/C8H12F3IO3/c1-14-5-7(15-3-2-12)6(13)4-8(9,10)11/h7H,2-5H2,1H3. The van der Waals surface area contributed by atoms with Crippen LogP contribution in [0, 0.1) is 0 Å². The summed E-state index contributed by atoms with van der Waals surface area (Å²) in [5.41, 5.74) is 0. The minimum Gasteiger partial charge on any atom is -0.382 e. The second kappa shape index (κ2) is 7.39. The molecule has 1 atom stereocenters. The third kappa shape index (κ3) is 7.97. The van der Waals surface area contributed by atoms with Gasteiger partial charge in [-0.05, 0) is 0 Å². The Kier molecular flexibility index (Phi) is 7.45. The molecule has 0 rings (SSSR count). The van der Waals surface area contributed by atoms with Gasteiger partial charge >= 0.3 is 6.18 Å². The lowest BCUT2D eigenvalue weighted by Crippen LogP contribution is -2.33. The molecule has 0 aliphatic carbocycles. The molecule has 90 valence electrons. The molecule has 0 aromatic carbocycles. The van der Waals surface area contributed by atoms with E-state index in [2.05, 4.69) is 4.74 Å². The number of hydrogen-bond acceptors (Lipinski definition) is 3. The van der Waals surface area contributed by atoms with Gasteiger partial charge in [0.25, 0.3) is 0 Å². The molecule has 1 unspecified atom stereocenters. The molecule has 0 aromatic rings. The summed E-state index contributed by atoms with van der Waals surface area (Å²) in [6.07, 6.45) is -7.08. The third-order valence-corrected chi connectivity index (χ3v) is 1.89. The zero-order chi connectivity index (χ0) is 11.9. The van der Waals surface area contributed by atoms with Crippen molar-refractivity contribution < 1.29 is 27.4 Å². The smallest absolute Gasteiger partial charge is 0.382 e. The van der Waals surface area contributed by atoms with Crippen molar-refractivity contribution in [2.75, 3.05) is 24.8 Å². The van der Waals surface area contributed by atoms with Crippen molar-refractivity contribution in [1.82, 2.24) is 0 Å². The van der Waals surface area contributed by atoms with Gasteiger partial charge in [-0.3, -0.25) is 4.79 Å². The molecule has 0 bridgehead atoms. The summed E-state index contributed by atoms with van der Waals surface area (Å²) in [5, 5.41) is 0. The van der Waals surface area contributed by atoms with Gasteiger partial charge in [-0.1, -0.05) is 22.6 Å². The molecular weight excluding hydrogens is 328 g/mol. The molecule has 0 heterocycles. The fraction of sp³-hybridized carbons (Fsp3) is 0.875. The van der Waals surface area contributed by atoms with Gasteiger partial charge in [0.15, 0.2) is 5.78 Å². The highest BCUT2D eigenvalue weighted by atomic mass is 127. The topological polar surface area (TPSA) is 35.5 Å². The van der Waals surface area contributed by atoms with Crippen LogP contribution in [0.25, 0.3) is 0 Å². The highest BCUT2D eigenvalue weighted by Crippen LogP contribution is 2.21. The summed E-state index contributed by atoms with van der Waals surface area (Å²) in [4.78, 5) is 11.1. The molecule has 0 amide bonds. The van der Waals surface area contributed by atoms with E-state index in [1.54, 1.807) is 0 Å². The van der Waals surface area contributed by atoms with E-state index < -0.39 is 24.5 Å². The average molecular weight is 340 g/mol. The molecule has 0 aromatic heterocycles. The lowest BCUT2D eigenvalue weighted by Gasteiger charge is -2.16. The van der Waals surface area contributed by atoms with Gasteiger partial charge in [-0.25, -0.2) is 0 Å². The molecule has 0 spiro atoms. The number of methoxy groups -OCH3 is 1. The zero-order valence-electron chi connectivity index (χ0n) is 8.14. The maximum absolute atomic E-state index is 11.9. The molecule has 3 nitrogen and oxygen atoms in total. The highest BCUT2D eigenvalue weighted by molar-refractivity contribution is 14.1. The van der Waals surface area contributed by atoms with E-state index in [1.165, 1.54) is 7.11 Å². The maximum atomic E-state index is 11.9. The van der Waals surface area contributed by atoms with Gasteiger partial charge in [0.05, 0.1) is 13.2 Å². The van der Waals surface area contributed by atoms with Crippen LogP contribution < -0.4 is 0 Å². The number of alkyl halides is 4. The molecular formula is C8H12F3IO3. The van der Waals surface area contributed by atoms with Crippen LogP contribution in [0.2, 0.25) is 0 Å². The summed E-state index contributed by atoms with van der Waals surface area (Å²) in [5.74, 6) is -0.991. The molecule has 7 heteroatoms. The van der Waals surface area contributed by atoms with Crippen molar-refractivity contribution in [3.63, 3.8) is 0 Å². The van der Waals surface area contributed by atoms with E-state index in [0.717, 1.165) is 0 Å². The van der Waals surface area contributed by atoms with Crippen LogP contribution in [0.1, 0.15) is 6.42 Å². The Balaban J connectivity index is 4.15. The Labute approximate surface area is 99.4 Å². The largest absolute Gasteiger partial charge is 0.396 e. The Bertz CT molecular complexity index is 196. The van der Waals surface area contributed by atoms with Crippen molar-refractivity contribution in [2.45, 2.75) is 18.7 Å². The van der Waals surface area contributed by atoms with Crippen LogP contribution in [-0.4, -0.2) is 42.8 Å². The van der Waals surface area contributed by atoms with Gasteiger partial charge in [0.2, 0.25) is 0 Å². The van der Waals surface area contributed by atoms with E-state index in [1.807, 2.05) is 22.6 Å². The highest BCUT2D eigenvalue weighted by Gasteiger charge is 2.34. The minimum atomic E-state index is -4.49. The monoisotopic (exact) mass is 340 g/mol. The lowest BCUT2D eigenvalue weighted by atomic mass is 10.2. The Hall–Kier alpha value is 0.110.